The Morgan fingerprint density at radius 2 is 1.73 bits per heavy atom. The predicted octanol–water partition coefficient (Wildman–Crippen LogP) is 4.09. The second kappa shape index (κ2) is 8.47. The Morgan fingerprint density at radius 1 is 0.962 bits per heavy atom. The number of aromatic nitrogens is 1. The summed E-state index contributed by atoms with van der Waals surface area (Å²) in [6, 6.07) is 18.8. The van der Waals surface area contributed by atoms with Crippen LogP contribution in [0.5, 0.6) is 0 Å². The first kappa shape index (κ1) is 17.3. The summed E-state index contributed by atoms with van der Waals surface area (Å²) in [5, 5.41) is 5.28. The zero-order chi connectivity index (χ0) is 17.6. The van der Waals surface area contributed by atoms with Crippen LogP contribution in [0.15, 0.2) is 59.1 Å². The van der Waals surface area contributed by atoms with Crippen LogP contribution in [0.25, 0.3) is 11.0 Å². The van der Waals surface area contributed by atoms with E-state index in [9.17, 15) is 0 Å². The average molecular weight is 350 g/mol. The van der Waals surface area contributed by atoms with Gasteiger partial charge in [-0.1, -0.05) is 47.6 Å². The number of hydrogen-bond donors (Lipinski definition) is 0. The first-order valence-electron chi connectivity index (χ1n) is 9.60. The highest BCUT2D eigenvalue weighted by molar-refractivity contribution is 5.79. The van der Waals surface area contributed by atoms with E-state index in [0.717, 1.165) is 62.0 Å². The molecule has 26 heavy (non-hydrogen) atoms. The van der Waals surface area contributed by atoms with Crippen molar-refractivity contribution in [3.05, 3.63) is 65.9 Å². The molecule has 0 saturated carbocycles. The maximum Gasteiger partial charge on any atom is 0.167 e. The van der Waals surface area contributed by atoms with Gasteiger partial charge in [-0.15, -0.1) is 0 Å². The van der Waals surface area contributed by atoms with E-state index in [1.54, 1.807) is 0 Å². The minimum absolute atomic E-state index is 0.376. The molecule has 0 amide bonds. The summed E-state index contributed by atoms with van der Waals surface area (Å²) in [6.45, 7) is 4.11. The first-order chi connectivity index (χ1) is 12.9. The second-order valence-electron chi connectivity index (χ2n) is 7.02. The topological polar surface area (TPSA) is 38.5 Å². The first-order valence-corrected chi connectivity index (χ1v) is 9.60. The third-order valence-corrected chi connectivity index (χ3v) is 5.24. The Hall–Kier alpha value is -2.17. The highest BCUT2D eigenvalue weighted by atomic mass is 16.5. The molecule has 1 aliphatic heterocycles. The van der Waals surface area contributed by atoms with Gasteiger partial charge in [-0.3, -0.25) is 0 Å². The third-order valence-electron chi connectivity index (χ3n) is 5.24. The van der Waals surface area contributed by atoms with Crippen LogP contribution in [0, 0.1) is 0 Å². The molecule has 136 valence electrons. The van der Waals surface area contributed by atoms with Gasteiger partial charge in [0, 0.05) is 31.4 Å². The zero-order valence-corrected chi connectivity index (χ0v) is 15.1. The number of hydrogen-bond acceptors (Lipinski definition) is 4. The third kappa shape index (κ3) is 4.32. The maximum atomic E-state index is 6.11. The van der Waals surface area contributed by atoms with Crippen molar-refractivity contribution in [1.82, 2.24) is 10.1 Å². The molecule has 0 aliphatic carbocycles. The smallest absolute Gasteiger partial charge is 0.167 e. The van der Waals surface area contributed by atoms with E-state index in [-0.39, 0.29) is 0 Å². The minimum Gasteiger partial charge on any atom is -0.378 e. The van der Waals surface area contributed by atoms with E-state index in [0.29, 0.717) is 12.7 Å². The van der Waals surface area contributed by atoms with Gasteiger partial charge in [-0.2, -0.15) is 0 Å². The van der Waals surface area contributed by atoms with Gasteiger partial charge in [0.25, 0.3) is 0 Å². The Bertz CT molecular complexity index is 807. The van der Waals surface area contributed by atoms with Crippen LogP contribution in [0.3, 0.4) is 0 Å². The lowest BCUT2D eigenvalue weighted by Crippen LogP contribution is -2.38. The van der Waals surface area contributed by atoms with E-state index in [1.165, 1.54) is 5.56 Å². The van der Waals surface area contributed by atoms with Crippen LogP contribution in [0.4, 0.5) is 0 Å². The number of nitrogens with zero attached hydrogens (tertiary/aromatic N) is 2. The van der Waals surface area contributed by atoms with Crippen molar-refractivity contribution in [3.8, 4) is 0 Å². The van der Waals surface area contributed by atoms with Crippen molar-refractivity contribution in [2.24, 2.45) is 0 Å². The fraction of sp³-hybridized carbons (Fsp3) is 0.409. The number of likely N-dealkylation sites (tertiary alicyclic amines) is 1. The minimum atomic E-state index is 0.376. The number of fused-ring (bicyclic) bond motifs is 1. The van der Waals surface area contributed by atoms with Gasteiger partial charge >= 0.3 is 0 Å². The molecule has 1 aromatic heterocycles. The number of rotatable bonds is 7. The normalized spacial score (nSPS) is 16.3. The molecule has 0 unspecified atom stereocenters. The van der Waals surface area contributed by atoms with Gasteiger partial charge in [-0.05, 0) is 37.0 Å². The summed E-state index contributed by atoms with van der Waals surface area (Å²) in [5.74, 6) is 0. The van der Waals surface area contributed by atoms with Crippen molar-refractivity contribution >= 4 is 11.0 Å². The molecule has 0 N–H and O–H groups in total. The molecule has 2 aromatic carbocycles. The van der Waals surface area contributed by atoms with Crippen LogP contribution in [-0.4, -0.2) is 42.4 Å². The van der Waals surface area contributed by atoms with E-state index < -0.39 is 0 Å². The van der Waals surface area contributed by atoms with E-state index in [1.807, 2.05) is 18.2 Å². The lowest BCUT2D eigenvalue weighted by atomic mass is 10.1. The standard InChI is InChI=1S/C22H26N2O2/c1-2-6-18(7-3-1)10-14-24-15-11-19(12-16-24)25-17-13-21-20-8-4-5-9-22(20)26-23-21/h1-9,19H,10-17H2. The fourth-order valence-electron chi connectivity index (χ4n) is 3.67. The highest BCUT2D eigenvalue weighted by Crippen LogP contribution is 2.19. The molecule has 4 nitrogen and oxygen atoms in total. The van der Waals surface area contributed by atoms with E-state index in [2.05, 4.69) is 46.5 Å². The fourth-order valence-corrected chi connectivity index (χ4v) is 3.67. The average Bonchev–Trinajstić information content (AvgIpc) is 3.11. The molecule has 1 saturated heterocycles. The Labute approximate surface area is 154 Å². The van der Waals surface area contributed by atoms with Crippen LogP contribution in [-0.2, 0) is 17.6 Å². The van der Waals surface area contributed by atoms with Gasteiger partial charge in [0.05, 0.1) is 18.4 Å². The van der Waals surface area contributed by atoms with Gasteiger partial charge < -0.3 is 14.2 Å². The lowest BCUT2D eigenvalue weighted by molar-refractivity contribution is 0.00898. The van der Waals surface area contributed by atoms with E-state index >= 15 is 0 Å². The second-order valence-corrected chi connectivity index (χ2v) is 7.02. The molecule has 0 bridgehead atoms. The summed E-state index contributed by atoms with van der Waals surface area (Å²) < 4.78 is 11.5. The molecule has 4 heteroatoms. The molecule has 1 fully saturated rings. The molecule has 0 radical (unpaired) electrons. The zero-order valence-electron chi connectivity index (χ0n) is 15.1. The van der Waals surface area contributed by atoms with Crippen LogP contribution in [0.1, 0.15) is 24.1 Å². The molecular weight excluding hydrogens is 324 g/mol. The SMILES string of the molecule is c1ccc(CCN2CCC(OCCc3noc4ccccc34)CC2)cc1. The molecular formula is C22H26N2O2. The van der Waals surface area contributed by atoms with Gasteiger partial charge in [0.15, 0.2) is 5.58 Å². The molecule has 2 heterocycles. The summed E-state index contributed by atoms with van der Waals surface area (Å²) in [6.07, 6.45) is 4.56. The summed E-state index contributed by atoms with van der Waals surface area (Å²) in [5.41, 5.74) is 3.28. The van der Waals surface area contributed by atoms with E-state index in [4.69, 9.17) is 9.26 Å². The van der Waals surface area contributed by atoms with Gasteiger partial charge in [0.1, 0.15) is 0 Å². The lowest BCUT2D eigenvalue weighted by Gasteiger charge is -2.31. The van der Waals surface area contributed by atoms with Crippen LogP contribution >= 0.6 is 0 Å². The number of piperidine rings is 1. The monoisotopic (exact) mass is 350 g/mol. The van der Waals surface area contributed by atoms with Crippen molar-refractivity contribution in [2.75, 3.05) is 26.2 Å². The van der Waals surface area contributed by atoms with Gasteiger partial charge in [-0.25, -0.2) is 0 Å². The van der Waals surface area contributed by atoms with Crippen LogP contribution in [0.2, 0.25) is 0 Å². The quantitative estimate of drug-likeness (QED) is 0.643. The number of ether oxygens (including phenoxy) is 1. The Morgan fingerprint density at radius 3 is 2.58 bits per heavy atom. The van der Waals surface area contributed by atoms with Crippen molar-refractivity contribution < 1.29 is 9.26 Å². The molecule has 1 aliphatic rings. The van der Waals surface area contributed by atoms with Crippen molar-refractivity contribution in [3.63, 3.8) is 0 Å². The maximum absolute atomic E-state index is 6.11. The predicted molar refractivity (Wildman–Crippen MR) is 103 cm³/mol. The van der Waals surface area contributed by atoms with Crippen LogP contribution < -0.4 is 0 Å². The molecule has 3 aromatic rings. The highest BCUT2D eigenvalue weighted by Gasteiger charge is 2.19. The van der Waals surface area contributed by atoms with Crippen molar-refractivity contribution in [2.45, 2.75) is 31.8 Å². The number of para-hydroxylation sites is 1. The van der Waals surface area contributed by atoms with Gasteiger partial charge in [0.2, 0.25) is 0 Å². The molecule has 0 spiro atoms. The molecule has 0 atom stereocenters. The summed E-state index contributed by atoms with van der Waals surface area (Å²) >= 11 is 0. The largest absolute Gasteiger partial charge is 0.378 e. The Kier molecular flexibility index (Phi) is 5.62. The summed E-state index contributed by atoms with van der Waals surface area (Å²) in [4.78, 5) is 2.55. The summed E-state index contributed by atoms with van der Waals surface area (Å²) in [7, 11) is 0. The number of benzene rings is 2. The molecule has 4 rings (SSSR count). The van der Waals surface area contributed by atoms with Crippen molar-refractivity contribution in [1.29, 1.82) is 0 Å². The Balaban J connectivity index is 1.17.